The number of rotatable bonds is 6. The van der Waals surface area contributed by atoms with Crippen molar-refractivity contribution in [3.8, 4) is 5.75 Å². The van der Waals surface area contributed by atoms with E-state index in [0.29, 0.717) is 29.8 Å². The SMILES string of the molecule is COC(=O)c1ccc(NC(=O)C2CCN(S(=O)(=O)c3ccc(OC)cc3)CC2)cc1. The molecule has 9 heteroatoms. The van der Waals surface area contributed by atoms with Gasteiger partial charge in [-0.05, 0) is 61.4 Å². The molecule has 8 nitrogen and oxygen atoms in total. The highest BCUT2D eigenvalue weighted by molar-refractivity contribution is 7.89. The molecule has 2 aromatic carbocycles. The van der Waals surface area contributed by atoms with Gasteiger partial charge in [0.05, 0.1) is 24.7 Å². The van der Waals surface area contributed by atoms with Gasteiger partial charge in [0.15, 0.2) is 0 Å². The van der Waals surface area contributed by atoms with Crippen LogP contribution in [-0.2, 0) is 19.6 Å². The summed E-state index contributed by atoms with van der Waals surface area (Å²) in [7, 11) is -0.783. The van der Waals surface area contributed by atoms with Crippen LogP contribution in [0.1, 0.15) is 23.2 Å². The van der Waals surface area contributed by atoms with Gasteiger partial charge < -0.3 is 14.8 Å². The maximum Gasteiger partial charge on any atom is 0.337 e. The van der Waals surface area contributed by atoms with Crippen LogP contribution in [0.2, 0.25) is 0 Å². The molecule has 1 saturated heterocycles. The van der Waals surface area contributed by atoms with Crippen LogP contribution in [0.3, 0.4) is 0 Å². The Labute approximate surface area is 175 Å². The molecule has 0 spiro atoms. The minimum absolute atomic E-state index is 0.165. The molecule has 30 heavy (non-hydrogen) atoms. The monoisotopic (exact) mass is 432 g/mol. The van der Waals surface area contributed by atoms with Gasteiger partial charge in [-0.15, -0.1) is 0 Å². The fourth-order valence-electron chi connectivity index (χ4n) is 3.31. The number of nitrogens with zero attached hydrogens (tertiary/aromatic N) is 1. The van der Waals surface area contributed by atoms with Gasteiger partial charge in [0.25, 0.3) is 0 Å². The molecule has 0 bridgehead atoms. The fourth-order valence-corrected chi connectivity index (χ4v) is 4.78. The molecule has 3 rings (SSSR count). The zero-order valence-electron chi connectivity index (χ0n) is 16.8. The predicted octanol–water partition coefficient (Wildman–Crippen LogP) is 2.52. The van der Waals surface area contributed by atoms with Crippen molar-refractivity contribution in [3.05, 3.63) is 54.1 Å². The van der Waals surface area contributed by atoms with Crippen molar-refractivity contribution in [2.45, 2.75) is 17.7 Å². The van der Waals surface area contributed by atoms with E-state index in [-0.39, 0.29) is 29.8 Å². The number of benzene rings is 2. The Balaban J connectivity index is 1.57. The maximum absolute atomic E-state index is 12.8. The normalized spacial score (nSPS) is 15.4. The number of anilines is 1. The minimum Gasteiger partial charge on any atom is -0.497 e. The van der Waals surface area contributed by atoms with Crippen molar-refractivity contribution < 1.29 is 27.5 Å². The zero-order valence-corrected chi connectivity index (χ0v) is 17.6. The molecule has 0 unspecified atom stereocenters. The van der Waals surface area contributed by atoms with Crippen LogP contribution in [0.4, 0.5) is 5.69 Å². The summed E-state index contributed by atoms with van der Waals surface area (Å²) in [6.45, 7) is 0.543. The number of esters is 1. The van der Waals surface area contributed by atoms with Gasteiger partial charge in [-0.2, -0.15) is 4.31 Å². The smallest absolute Gasteiger partial charge is 0.337 e. The van der Waals surface area contributed by atoms with Crippen LogP contribution in [0.25, 0.3) is 0 Å². The second-order valence-corrected chi connectivity index (χ2v) is 8.85. The molecular formula is C21H24N2O6S. The van der Waals surface area contributed by atoms with E-state index >= 15 is 0 Å². The van der Waals surface area contributed by atoms with E-state index in [4.69, 9.17) is 4.74 Å². The lowest BCUT2D eigenvalue weighted by Crippen LogP contribution is -2.41. The van der Waals surface area contributed by atoms with Crippen LogP contribution in [0, 0.1) is 5.92 Å². The molecule has 1 heterocycles. The summed E-state index contributed by atoms with van der Waals surface area (Å²) >= 11 is 0. The number of methoxy groups -OCH3 is 2. The first-order valence-electron chi connectivity index (χ1n) is 9.48. The van der Waals surface area contributed by atoms with Gasteiger partial charge >= 0.3 is 5.97 Å². The minimum atomic E-state index is -3.61. The first-order valence-corrected chi connectivity index (χ1v) is 10.9. The van der Waals surface area contributed by atoms with E-state index < -0.39 is 16.0 Å². The molecule has 0 aromatic heterocycles. The van der Waals surface area contributed by atoms with Gasteiger partial charge in [-0.25, -0.2) is 13.2 Å². The Hall–Kier alpha value is -2.91. The van der Waals surface area contributed by atoms with Crippen molar-refractivity contribution in [1.82, 2.24) is 4.31 Å². The number of nitrogens with one attached hydrogen (secondary N) is 1. The van der Waals surface area contributed by atoms with E-state index in [2.05, 4.69) is 10.1 Å². The van der Waals surface area contributed by atoms with Gasteiger partial charge in [-0.1, -0.05) is 0 Å². The Morgan fingerprint density at radius 3 is 2.10 bits per heavy atom. The van der Waals surface area contributed by atoms with E-state index in [1.165, 1.54) is 30.7 Å². The van der Waals surface area contributed by atoms with Crippen LogP contribution in [0.5, 0.6) is 5.75 Å². The largest absolute Gasteiger partial charge is 0.497 e. The molecule has 0 aliphatic carbocycles. The molecule has 1 N–H and O–H groups in total. The molecule has 1 aliphatic rings. The Morgan fingerprint density at radius 2 is 1.57 bits per heavy atom. The lowest BCUT2D eigenvalue weighted by atomic mass is 9.97. The number of carbonyl (C=O) groups excluding carboxylic acids is 2. The third-order valence-electron chi connectivity index (χ3n) is 5.10. The number of carbonyl (C=O) groups is 2. The second kappa shape index (κ2) is 9.27. The molecule has 1 amide bonds. The highest BCUT2D eigenvalue weighted by Crippen LogP contribution is 2.26. The summed E-state index contributed by atoms with van der Waals surface area (Å²) in [5, 5.41) is 2.82. The van der Waals surface area contributed by atoms with Crippen LogP contribution in [-0.4, -0.2) is 51.9 Å². The average molecular weight is 432 g/mol. The van der Waals surface area contributed by atoms with E-state index in [0.717, 1.165) is 0 Å². The maximum atomic E-state index is 12.8. The highest BCUT2D eigenvalue weighted by Gasteiger charge is 2.32. The first kappa shape index (κ1) is 21.8. The Kier molecular flexibility index (Phi) is 6.73. The summed E-state index contributed by atoms with van der Waals surface area (Å²) in [6.07, 6.45) is 0.864. The topological polar surface area (TPSA) is 102 Å². The molecular weight excluding hydrogens is 408 g/mol. The standard InChI is InChI=1S/C21H24N2O6S/c1-28-18-7-9-19(10-8-18)30(26,27)23-13-11-15(12-14-23)20(24)22-17-5-3-16(4-6-17)21(25)29-2/h3-10,15H,11-14H2,1-2H3,(H,22,24). The molecule has 1 aliphatic heterocycles. The van der Waals surface area contributed by atoms with Crippen molar-refractivity contribution >= 4 is 27.6 Å². The van der Waals surface area contributed by atoms with Crippen LogP contribution in [0.15, 0.2) is 53.4 Å². The molecule has 0 atom stereocenters. The lowest BCUT2D eigenvalue weighted by molar-refractivity contribution is -0.120. The Morgan fingerprint density at radius 1 is 0.967 bits per heavy atom. The van der Waals surface area contributed by atoms with E-state index in [9.17, 15) is 18.0 Å². The number of piperidine rings is 1. The van der Waals surface area contributed by atoms with Gasteiger partial charge in [0, 0.05) is 24.7 Å². The van der Waals surface area contributed by atoms with Gasteiger partial charge in [0.1, 0.15) is 5.75 Å². The zero-order chi connectivity index (χ0) is 21.7. The second-order valence-electron chi connectivity index (χ2n) is 6.91. The molecule has 2 aromatic rings. The van der Waals surface area contributed by atoms with Crippen molar-refractivity contribution in [2.75, 3.05) is 32.6 Å². The molecule has 160 valence electrons. The lowest BCUT2D eigenvalue weighted by Gasteiger charge is -2.30. The third kappa shape index (κ3) is 4.80. The fraction of sp³-hybridized carbons (Fsp3) is 0.333. The Bertz CT molecular complexity index is 995. The quantitative estimate of drug-likeness (QED) is 0.704. The number of hydrogen-bond acceptors (Lipinski definition) is 6. The molecule has 1 fully saturated rings. The number of hydrogen-bond donors (Lipinski definition) is 1. The molecule has 0 saturated carbocycles. The number of sulfonamides is 1. The van der Waals surface area contributed by atoms with E-state index in [1.807, 2.05) is 0 Å². The molecule has 0 radical (unpaired) electrons. The van der Waals surface area contributed by atoms with Crippen LogP contribution < -0.4 is 10.1 Å². The van der Waals surface area contributed by atoms with Crippen LogP contribution >= 0.6 is 0 Å². The first-order chi connectivity index (χ1) is 14.3. The predicted molar refractivity (Wildman–Crippen MR) is 111 cm³/mol. The number of amides is 1. The van der Waals surface area contributed by atoms with Gasteiger partial charge in [-0.3, -0.25) is 4.79 Å². The summed E-state index contributed by atoms with van der Waals surface area (Å²) in [5.41, 5.74) is 0.966. The summed E-state index contributed by atoms with van der Waals surface area (Å²) in [4.78, 5) is 24.2. The average Bonchev–Trinajstić information content (AvgIpc) is 2.79. The van der Waals surface area contributed by atoms with Crippen molar-refractivity contribution in [2.24, 2.45) is 5.92 Å². The third-order valence-corrected chi connectivity index (χ3v) is 7.01. The highest BCUT2D eigenvalue weighted by atomic mass is 32.2. The number of ether oxygens (including phenoxy) is 2. The summed E-state index contributed by atoms with van der Waals surface area (Å²) in [6, 6.07) is 12.7. The van der Waals surface area contributed by atoms with Gasteiger partial charge in [0.2, 0.25) is 15.9 Å². The van der Waals surface area contributed by atoms with E-state index in [1.54, 1.807) is 36.4 Å². The van der Waals surface area contributed by atoms with Crippen molar-refractivity contribution in [1.29, 1.82) is 0 Å². The van der Waals surface area contributed by atoms with Crippen molar-refractivity contribution in [3.63, 3.8) is 0 Å². The summed E-state index contributed by atoms with van der Waals surface area (Å²) in [5.74, 6) is -0.308. The summed E-state index contributed by atoms with van der Waals surface area (Å²) < 4.78 is 36.7.